The fourth-order valence-corrected chi connectivity index (χ4v) is 2.96. The highest BCUT2D eigenvalue weighted by Crippen LogP contribution is 2.29. The van der Waals surface area contributed by atoms with Crippen LogP contribution in [0.4, 0.5) is 5.82 Å². The Balaban J connectivity index is 3.28. The highest BCUT2D eigenvalue weighted by molar-refractivity contribution is 14.1. The molecule has 5 heteroatoms. The molecular weight excluding hydrogens is 365 g/mol. The third-order valence-corrected chi connectivity index (χ3v) is 4.07. The first-order valence-corrected chi connectivity index (χ1v) is 8.37. The minimum Gasteiger partial charge on any atom is -0.369 e. The Bertz CT molecular complexity index is 447. The first-order chi connectivity index (χ1) is 9.33. The largest absolute Gasteiger partial charge is 0.369 e. The number of nitrogens with zero attached hydrogens (tertiary/aromatic N) is 2. The molecule has 4 nitrogen and oxygen atoms in total. The van der Waals surface area contributed by atoms with Gasteiger partial charge in [0.1, 0.15) is 11.4 Å². The van der Waals surface area contributed by atoms with Gasteiger partial charge in [-0.3, -0.25) is 0 Å². The topological polar surface area (TPSA) is 47.0 Å². The van der Waals surface area contributed by atoms with Crippen molar-refractivity contribution in [2.24, 2.45) is 0 Å². The maximum Gasteiger partial charge on any atom is 0.162 e. The molecule has 20 heavy (non-hydrogen) atoms. The molecule has 0 unspecified atom stereocenters. The predicted molar refractivity (Wildman–Crippen MR) is 92.3 cm³/mol. The molecule has 0 aliphatic carbocycles. The van der Waals surface area contributed by atoms with Crippen LogP contribution in [0.1, 0.15) is 65.4 Å². The lowest BCUT2D eigenvalue weighted by molar-refractivity contribution is -0.0209. The summed E-state index contributed by atoms with van der Waals surface area (Å²) in [5.41, 5.74) is 0.618. The minimum atomic E-state index is -0.467. The van der Waals surface area contributed by atoms with E-state index in [1.54, 1.807) is 0 Å². The third kappa shape index (κ3) is 4.28. The van der Waals surface area contributed by atoms with Crippen molar-refractivity contribution < 1.29 is 4.74 Å². The van der Waals surface area contributed by atoms with Crippen molar-refractivity contribution >= 4 is 28.4 Å². The highest BCUT2D eigenvalue weighted by atomic mass is 127. The van der Waals surface area contributed by atoms with Crippen molar-refractivity contribution in [1.82, 2.24) is 9.97 Å². The van der Waals surface area contributed by atoms with Gasteiger partial charge in [-0.1, -0.05) is 20.8 Å². The summed E-state index contributed by atoms with van der Waals surface area (Å²) < 4.78 is 6.91. The lowest BCUT2D eigenvalue weighted by Crippen LogP contribution is -2.26. The van der Waals surface area contributed by atoms with Crippen LogP contribution in [0.15, 0.2) is 0 Å². The van der Waals surface area contributed by atoms with E-state index in [-0.39, 0.29) is 0 Å². The molecule has 0 aliphatic heterocycles. The van der Waals surface area contributed by atoms with Gasteiger partial charge in [0.2, 0.25) is 0 Å². The first-order valence-electron chi connectivity index (χ1n) is 7.29. The first kappa shape index (κ1) is 17.6. The van der Waals surface area contributed by atoms with Crippen molar-refractivity contribution in [2.75, 3.05) is 18.5 Å². The van der Waals surface area contributed by atoms with E-state index in [9.17, 15) is 0 Å². The third-order valence-electron chi connectivity index (χ3n) is 3.01. The number of ether oxygens (including phenoxy) is 1. The van der Waals surface area contributed by atoms with Crippen molar-refractivity contribution in [3.05, 3.63) is 15.1 Å². The van der Waals surface area contributed by atoms with E-state index in [4.69, 9.17) is 9.72 Å². The number of hydrogen-bond acceptors (Lipinski definition) is 4. The monoisotopic (exact) mass is 391 g/mol. The number of halogens is 1. The normalized spacial score (nSPS) is 12.0. The van der Waals surface area contributed by atoms with Crippen molar-refractivity contribution in [3.63, 3.8) is 0 Å². The second-order valence-electron chi connectivity index (χ2n) is 5.62. The van der Waals surface area contributed by atoms with E-state index in [0.29, 0.717) is 12.5 Å². The van der Waals surface area contributed by atoms with E-state index in [0.717, 1.165) is 33.9 Å². The van der Waals surface area contributed by atoms with Gasteiger partial charge in [-0.15, -0.1) is 0 Å². The predicted octanol–water partition coefficient (Wildman–Crippen LogP) is 4.30. The zero-order valence-electron chi connectivity index (χ0n) is 13.4. The van der Waals surface area contributed by atoms with Gasteiger partial charge >= 0.3 is 0 Å². The number of anilines is 1. The number of aromatic nitrogens is 2. The molecule has 0 atom stereocenters. The van der Waals surface area contributed by atoms with Gasteiger partial charge in [-0.25, -0.2) is 9.97 Å². The Morgan fingerprint density at radius 1 is 1.25 bits per heavy atom. The number of nitrogens with one attached hydrogen (secondary N) is 1. The summed E-state index contributed by atoms with van der Waals surface area (Å²) in [5, 5.41) is 3.40. The summed E-state index contributed by atoms with van der Waals surface area (Å²) >= 11 is 2.33. The maximum atomic E-state index is 5.79. The Morgan fingerprint density at radius 2 is 1.90 bits per heavy atom. The molecule has 0 saturated carbocycles. The summed E-state index contributed by atoms with van der Waals surface area (Å²) in [5.74, 6) is 2.04. The van der Waals surface area contributed by atoms with Gasteiger partial charge in [0, 0.05) is 13.2 Å². The molecule has 1 rings (SSSR count). The molecule has 0 aliphatic rings. The zero-order valence-corrected chi connectivity index (χ0v) is 15.5. The number of rotatable bonds is 7. The van der Waals surface area contributed by atoms with Crippen LogP contribution in [-0.4, -0.2) is 23.1 Å². The fraction of sp³-hybridized carbons (Fsp3) is 0.733. The number of hydrogen-bond donors (Lipinski definition) is 1. The summed E-state index contributed by atoms with van der Waals surface area (Å²) in [7, 11) is 0. The molecule has 0 bridgehead atoms. The van der Waals surface area contributed by atoms with Crippen LogP contribution in [-0.2, 0) is 10.3 Å². The molecule has 0 radical (unpaired) electrons. The molecule has 1 heterocycles. The molecule has 0 saturated heterocycles. The summed E-state index contributed by atoms with van der Waals surface area (Å²) in [6, 6.07) is 0. The van der Waals surface area contributed by atoms with Crippen LogP contribution in [0.25, 0.3) is 0 Å². The quantitative estimate of drug-likeness (QED) is 0.705. The van der Waals surface area contributed by atoms with E-state index < -0.39 is 5.60 Å². The molecular formula is C15H26IN3O. The summed E-state index contributed by atoms with van der Waals surface area (Å²) in [6.07, 6.45) is 1.07. The lowest BCUT2D eigenvalue weighted by atomic mass is 10.1. The molecule has 0 spiro atoms. The molecule has 0 amide bonds. The fourth-order valence-electron chi connectivity index (χ4n) is 1.90. The van der Waals surface area contributed by atoms with E-state index in [1.807, 2.05) is 20.8 Å². The average molecular weight is 391 g/mol. The minimum absolute atomic E-state index is 0.364. The van der Waals surface area contributed by atoms with Gasteiger partial charge in [0.25, 0.3) is 0 Å². The van der Waals surface area contributed by atoms with E-state index in [1.165, 1.54) is 0 Å². The SMILES string of the molecule is CCCNc1nc(C(C)(C)OCC)nc(C(C)C)c1I. The summed E-state index contributed by atoms with van der Waals surface area (Å²) in [4.78, 5) is 9.44. The standard InChI is InChI=1S/C15H26IN3O/c1-7-9-17-13-11(16)12(10(3)4)18-14(19-13)15(5,6)20-8-2/h10H,7-9H2,1-6H3,(H,17,18,19). The zero-order chi connectivity index (χ0) is 15.3. The molecule has 0 aromatic carbocycles. The average Bonchev–Trinajstić information content (AvgIpc) is 2.36. The van der Waals surface area contributed by atoms with Crippen LogP contribution in [0.3, 0.4) is 0 Å². The Labute approximate surface area is 136 Å². The van der Waals surface area contributed by atoms with Crippen molar-refractivity contribution in [2.45, 2.75) is 59.5 Å². The molecule has 1 aromatic rings. The van der Waals surface area contributed by atoms with Crippen LogP contribution in [0.5, 0.6) is 0 Å². The van der Waals surface area contributed by atoms with Crippen LogP contribution < -0.4 is 5.32 Å². The Hall–Kier alpha value is -0.430. The van der Waals surface area contributed by atoms with Gasteiger partial charge in [-0.05, 0) is 55.7 Å². The van der Waals surface area contributed by atoms with Crippen LogP contribution >= 0.6 is 22.6 Å². The van der Waals surface area contributed by atoms with Gasteiger partial charge in [-0.2, -0.15) is 0 Å². The Morgan fingerprint density at radius 3 is 2.40 bits per heavy atom. The molecule has 1 N–H and O–H groups in total. The lowest BCUT2D eigenvalue weighted by Gasteiger charge is -2.25. The molecule has 0 fully saturated rings. The summed E-state index contributed by atoms with van der Waals surface area (Å²) in [6.45, 7) is 14.1. The van der Waals surface area contributed by atoms with E-state index >= 15 is 0 Å². The van der Waals surface area contributed by atoms with Gasteiger partial charge in [0.15, 0.2) is 5.82 Å². The maximum absolute atomic E-state index is 5.79. The van der Waals surface area contributed by atoms with Crippen molar-refractivity contribution in [1.29, 1.82) is 0 Å². The van der Waals surface area contributed by atoms with Crippen LogP contribution in [0, 0.1) is 3.57 Å². The van der Waals surface area contributed by atoms with Crippen LogP contribution in [0.2, 0.25) is 0 Å². The highest BCUT2D eigenvalue weighted by Gasteiger charge is 2.27. The second kappa shape index (κ2) is 7.54. The Kier molecular flexibility index (Phi) is 6.64. The van der Waals surface area contributed by atoms with Gasteiger partial charge < -0.3 is 10.1 Å². The molecule has 1 aromatic heterocycles. The molecule has 114 valence electrons. The second-order valence-corrected chi connectivity index (χ2v) is 6.70. The van der Waals surface area contributed by atoms with E-state index in [2.05, 4.69) is 53.7 Å². The van der Waals surface area contributed by atoms with Gasteiger partial charge in [0.05, 0.1) is 9.26 Å². The van der Waals surface area contributed by atoms with Crippen molar-refractivity contribution in [3.8, 4) is 0 Å². The smallest absolute Gasteiger partial charge is 0.162 e.